The van der Waals surface area contributed by atoms with Crippen LogP contribution in [0.1, 0.15) is 15.9 Å². The Hall–Kier alpha value is -3.00. The van der Waals surface area contributed by atoms with Gasteiger partial charge in [-0.05, 0) is 18.2 Å². The SMILES string of the molecule is C#Cc1ccc2[nH]c(=O)c3[nH]cc(C(=O)O)c3c2c1. The van der Waals surface area contributed by atoms with Crippen LogP contribution in [0.15, 0.2) is 29.2 Å². The highest BCUT2D eigenvalue weighted by molar-refractivity contribution is 6.14. The van der Waals surface area contributed by atoms with E-state index in [0.29, 0.717) is 21.9 Å². The van der Waals surface area contributed by atoms with Crippen LogP contribution < -0.4 is 5.56 Å². The molecular weight excluding hydrogens is 244 g/mol. The summed E-state index contributed by atoms with van der Waals surface area (Å²) in [7, 11) is 0. The van der Waals surface area contributed by atoms with Crippen molar-refractivity contribution >= 4 is 27.8 Å². The maximum atomic E-state index is 11.9. The number of nitrogens with one attached hydrogen (secondary N) is 2. The van der Waals surface area contributed by atoms with Gasteiger partial charge < -0.3 is 15.1 Å². The third-order valence-corrected chi connectivity index (χ3v) is 3.04. The van der Waals surface area contributed by atoms with E-state index >= 15 is 0 Å². The summed E-state index contributed by atoms with van der Waals surface area (Å²) in [6, 6.07) is 5.05. The molecule has 3 aromatic rings. The van der Waals surface area contributed by atoms with Gasteiger partial charge in [-0.15, -0.1) is 6.42 Å². The van der Waals surface area contributed by atoms with Gasteiger partial charge in [-0.3, -0.25) is 4.79 Å². The number of hydrogen-bond acceptors (Lipinski definition) is 2. The first-order valence-corrected chi connectivity index (χ1v) is 5.49. The van der Waals surface area contributed by atoms with Crippen LogP contribution in [0.2, 0.25) is 0 Å². The number of benzene rings is 1. The van der Waals surface area contributed by atoms with Crippen molar-refractivity contribution in [3.63, 3.8) is 0 Å². The van der Waals surface area contributed by atoms with Gasteiger partial charge in [0.2, 0.25) is 0 Å². The lowest BCUT2D eigenvalue weighted by atomic mass is 10.1. The standard InChI is InChI=1S/C14H8N2O3/c1-2-7-3-4-10-8(5-7)11-9(14(18)19)6-15-12(11)13(17)16-10/h1,3-6,15H,(H,16,17)(H,18,19). The van der Waals surface area contributed by atoms with Crippen molar-refractivity contribution in [3.8, 4) is 12.3 Å². The summed E-state index contributed by atoms with van der Waals surface area (Å²) in [6.45, 7) is 0. The Balaban J connectivity index is 2.62. The molecule has 0 radical (unpaired) electrons. The van der Waals surface area contributed by atoms with Gasteiger partial charge in [-0.25, -0.2) is 4.79 Å². The third kappa shape index (κ3) is 1.51. The number of terminal acetylenes is 1. The second kappa shape index (κ2) is 3.75. The topological polar surface area (TPSA) is 86.0 Å². The van der Waals surface area contributed by atoms with E-state index in [2.05, 4.69) is 15.9 Å². The molecule has 0 spiro atoms. The number of pyridine rings is 1. The van der Waals surface area contributed by atoms with Crippen molar-refractivity contribution in [1.82, 2.24) is 9.97 Å². The predicted molar refractivity (Wildman–Crippen MR) is 71.3 cm³/mol. The van der Waals surface area contributed by atoms with Crippen molar-refractivity contribution in [2.75, 3.05) is 0 Å². The van der Waals surface area contributed by atoms with Gasteiger partial charge in [0.05, 0.1) is 5.56 Å². The molecule has 0 saturated heterocycles. The minimum absolute atomic E-state index is 0.0558. The molecule has 19 heavy (non-hydrogen) atoms. The first kappa shape index (κ1) is 11.1. The van der Waals surface area contributed by atoms with Crippen LogP contribution in [0, 0.1) is 12.3 Å². The zero-order valence-electron chi connectivity index (χ0n) is 9.65. The summed E-state index contributed by atoms with van der Waals surface area (Å²) in [5, 5.41) is 10.2. The van der Waals surface area contributed by atoms with E-state index in [-0.39, 0.29) is 16.6 Å². The highest BCUT2D eigenvalue weighted by Gasteiger charge is 2.16. The van der Waals surface area contributed by atoms with E-state index in [9.17, 15) is 14.7 Å². The van der Waals surface area contributed by atoms with E-state index in [4.69, 9.17) is 6.42 Å². The maximum absolute atomic E-state index is 11.9. The van der Waals surface area contributed by atoms with Crippen LogP contribution in [0.4, 0.5) is 0 Å². The predicted octanol–water partition coefficient (Wildman–Crippen LogP) is 1.69. The molecule has 0 aliphatic rings. The number of rotatable bonds is 1. The lowest BCUT2D eigenvalue weighted by Gasteiger charge is -2.02. The number of H-pyrrole nitrogens is 2. The van der Waals surface area contributed by atoms with Gasteiger partial charge in [0.1, 0.15) is 5.52 Å². The summed E-state index contributed by atoms with van der Waals surface area (Å²) in [4.78, 5) is 28.5. The Morgan fingerprint density at radius 1 is 1.37 bits per heavy atom. The molecule has 0 amide bonds. The monoisotopic (exact) mass is 252 g/mol. The van der Waals surface area contributed by atoms with Gasteiger partial charge in [0, 0.05) is 28.0 Å². The largest absolute Gasteiger partial charge is 0.478 e. The quantitative estimate of drug-likeness (QED) is 0.576. The molecule has 2 aromatic heterocycles. The molecule has 3 rings (SSSR count). The molecule has 0 saturated carbocycles. The van der Waals surface area contributed by atoms with E-state index in [1.54, 1.807) is 18.2 Å². The van der Waals surface area contributed by atoms with Crippen LogP contribution in [0.3, 0.4) is 0 Å². The van der Waals surface area contributed by atoms with Gasteiger partial charge in [-0.1, -0.05) is 5.92 Å². The van der Waals surface area contributed by atoms with E-state index < -0.39 is 5.97 Å². The fourth-order valence-corrected chi connectivity index (χ4v) is 2.19. The average molecular weight is 252 g/mol. The van der Waals surface area contributed by atoms with Crippen LogP contribution in [0.25, 0.3) is 21.8 Å². The number of carboxylic acids is 1. The minimum atomic E-state index is -1.09. The summed E-state index contributed by atoms with van der Waals surface area (Å²) < 4.78 is 0. The second-order valence-electron chi connectivity index (χ2n) is 4.12. The Labute approximate surface area is 106 Å². The zero-order chi connectivity index (χ0) is 13.6. The van der Waals surface area contributed by atoms with Crippen molar-refractivity contribution in [2.24, 2.45) is 0 Å². The van der Waals surface area contributed by atoms with Gasteiger partial charge in [0.25, 0.3) is 5.56 Å². The number of aromatic nitrogens is 2. The van der Waals surface area contributed by atoms with Crippen molar-refractivity contribution in [2.45, 2.75) is 0 Å². The van der Waals surface area contributed by atoms with E-state index in [1.807, 2.05) is 0 Å². The number of aromatic carboxylic acids is 1. The molecule has 5 heteroatoms. The minimum Gasteiger partial charge on any atom is -0.478 e. The number of carboxylic acid groups (broad SMARTS) is 1. The molecule has 0 fully saturated rings. The highest BCUT2D eigenvalue weighted by Crippen LogP contribution is 2.25. The molecule has 3 N–H and O–H groups in total. The van der Waals surface area contributed by atoms with Gasteiger partial charge >= 0.3 is 5.97 Å². The molecule has 0 aliphatic carbocycles. The lowest BCUT2D eigenvalue weighted by Crippen LogP contribution is -2.07. The van der Waals surface area contributed by atoms with Crippen LogP contribution in [-0.4, -0.2) is 21.0 Å². The summed E-state index contributed by atoms with van der Waals surface area (Å²) in [5.41, 5.74) is 1.11. The van der Waals surface area contributed by atoms with E-state index in [0.717, 1.165) is 0 Å². The molecule has 0 bridgehead atoms. The number of hydrogen-bond donors (Lipinski definition) is 3. The molecule has 0 aliphatic heterocycles. The van der Waals surface area contributed by atoms with Crippen molar-refractivity contribution < 1.29 is 9.90 Å². The highest BCUT2D eigenvalue weighted by atomic mass is 16.4. The molecule has 0 atom stereocenters. The molecule has 0 unspecified atom stereocenters. The smallest absolute Gasteiger partial charge is 0.337 e. The Bertz CT molecular complexity index is 925. The Kier molecular flexibility index (Phi) is 2.19. The Morgan fingerprint density at radius 2 is 2.16 bits per heavy atom. The fourth-order valence-electron chi connectivity index (χ4n) is 2.19. The van der Waals surface area contributed by atoms with E-state index in [1.165, 1.54) is 6.20 Å². The first-order chi connectivity index (χ1) is 9.11. The normalized spacial score (nSPS) is 10.7. The number of aromatic amines is 2. The molecule has 92 valence electrons. The van der Waals surface area contributed by atoms with Gasteiger partial charge in [-0.2, -0.15) is 0 Å². The zero-order valence-corrected chi connectivity index (χ0v) is 9.65. The third-order valence-electron chi connectivity index (χ3n) is 3.04. The summed E-state index contributed by atoms with van der Waals surface area (Å²) in [5.74, 6) is 1.40. The maximum Gasteiger partial charge on any atom is 0.337 e. The number of fused-ring (bicyclic) bond motifs is 3. The number of carbonyl (C=O) groups is 1. The lowest BCUT2D eigenvalue weighted by molar-refractivity contribution is 0.0699. The summed E-state index contributed by atoms with van der Waals surface area (Å²) in [6.07, 6.45) is 6.65. The Morgan fingerprint density at radius 3 is 2.84 bits per heavy atom. The molecule has 2 heterocycles. The molecule has 1 aromatic carbocycles. The summed E-state index contributed by atoms with van der Waals surface area (Å²) >= 11 is 0. The molecular formula is C14H8N2O3. The van der Waals surface area contributed by atoms with Crippen LogP contribution in [-0.2, 0) is 0 Å². The fraction of sp³-hybridized carbons (Fsp3) is 0. The molecule has 5 nitrogen and oxygen atoms in total. The average Bonchev–Trinajstić information content (AvgIpc) is 2.84. The van der Waals surface area contributed by atoms with Crippen molar-refractivity contribution in [3.05, 3.63) is 45.9 Å². The first-order valence-electron chi connectivity index (χ1n) is 5.49. The second-order valence-corrected chi connectivity index (χ2v) is 4.12. The van der Waals surface area contributed by atoms with Crippen molar-refractivity contribution in [1.29, 1.82) is 0 Å². The van der Waals surface area contributed by atoms with Crippen LogP contribution >= 0.6 is 0 Å². The van der Waals surface area contributed by atoms with Gasteiger partial charge in [0.15, 0.2) is 0 Å². The van der Waals surface area contributed by atoms with Crippen LogP contribution in [0.5, 0.6) is 0 Å².